The van der Waals surface area contributed by atoms with Gasteiger partial charge in [-0.05, 0) is 29.8 Å². The minimum Gasteiger partial charge on any atom is -0.380 e. The lowest BCUT2D eigenvalue weighted by Crippen LogP contribution is -2.28. The second-order valence-corrected chi connectivity index (χ2v) is 6.01. The SMILES string of the molecule is COC(CN)CC(=O)Nc1ccc(CC(=O)N(C)c2ccccc2)cc1.Cl. The third-order valence-electron chi connectivity index (χ3n) is 4.12. The molecule has 0 aliphatic carbocycles. The van der Waals surface area contributed by atoms with Crippen molar-refractivity contribution in [3.05, 3.63) is 60.2 Å². The van der Waals surface area contributed by atoms with E-state index in [1.807, 2.05) is 42.5 Å². The van der Waals surface area contributed by atoms with E-state index >= 15 is 0 Å². The van der Waals surface area contributed by atoms with Crippen molar-refractivity contribution in [1.29, 1.82) is 0 Å². The van der Waals surface area contributed by atoms with E-state index in [2.05, 4.69) is 5.32 Å². The number of nitrogens with zero attached hydrogens (tertiary/aromatic N) is 1. The molecular formula is C20H26ClN3O3. The Labute approximate surface area is 166 Å². The first-order valence-corrected chi connectivity index (χ1v) is 8.46. The van der Waals surface area contributed by atoms with Crippen molar-refractivity contribution in [3.8, 4) is 0 Å². The number of anilines is 2. The van der Waals surface area contributed by atoms with Gasteiger partial charge >= 0.3 is 0 Å². The molecule has 2 aromatic carbocycles. The molecule has 2 aromatic rings. The molecule has 2 rings (SSSR count). The first-order chi connectivity index (χ1) is 12.5. The number of methoxy groups -OCH3 is 1. The summed E-state index contributed by atoms with van der Waals surface area (Å²) in [7, 11) is 3.29. The lowest BCUT2D eigenvalue weighted by atomic mass is 10.1. The van der Waals surface area contributed by atoms with Gasteiger partial charge in [-0.25, -0.2) is 0 Å². The Morgan fingerprint density at radius 1 is 1.11 bits per heavy atom. The Morgan fingerprint density at radius 3 is 2.30 bits per heavy atom. The average Bonchev–Trinajstić information content (AvgIpc) is 2.67. The van der Waals surface area contributed by atoms with E-state index in [4.69, 9.17) is 10.5 Å². The standard InChI is InChI=1S/C20H25N3O3.ClH/c1-23(17-6-4-3-5-7-17)20(25)12-15-8-10-16(11-9-15)22-19(24)13-18(14-21)26-2;/h3-11,18H,12-14,21H2,1-2H3,(H,22,24);1H. The van der Waals surface area contributed by atoms with Gasteiger partial charge in [-0.1, -0.05) is 30.3 Å². The zero-order valence-electron chi connectivity index (χ0n) is 15.6. The van der Waals surface area contributed by atoms with E-state index < -0.39 is 0 Å². The van der Waals surface area contributed by atoms with Gasteiger partial charge in [-0.2, -0.15) is 0 Å². The molecule has 0 spiro atoms. The molecule has 146 valence electrons. The number of nitrogens with two attached hydrogens (primary N) is 1. The number of nitrogens with one attached hydrogen (secondary N) is 1. The molecule has 0 bridgehead atoms. The highest BCUT2D eigenvalue weighted by Gasteiger charge is 2.13. The summed E-state index contributed by atoms with van der Waals surface area (Å²) in [6.45, 7) is 0.292. The molecule has 27 heavy (non-hydrogen) atoms. The number of ether oxygens (including phenoxy) is 1. The molecule has 0 saturated heterocycles. The van der Waals surface area contributed by atoms with Crippen LogP contribution in [0.25, 0.3) is 0 Å². The second kappa shape index (κ2) is 11.3. The molecule has 0 fully saturated rings. The normalized spacial score (nSPS) is 11.2. The van der Waals surface area contributed by atoms with Gasteiger partial charge in [0.05, 0.1) is 18.9 Å². The molecule has 0 radical (unpaired) electrons. The molecule has 7 heteroatoms. The molecular weight excluding hydrogens is 366 g/mol. The monoisotopic (exact) mass is 391 g/mol. The Balaban J connectivity index is 0.00000364. The quantitative estimate of drug-likeness (QED) is 0.724. The molecule has 1 atom stereocenters. The van der Waals surface area contributed by atoms with Crippen LogP contribution in [0.3, 0.4) is 0 Å². The van der Waals surface area contributed by atoms with Crippen molar-refractivity contribution in [2.24, 2.45) is 5.73 Å². The number of para-hydroxylation sites is 1. The summed E-state index contributed by atoms with van der Waals surface area (Å²) in [5.41, 5.74) is 7.93. The van der Waals surface area contributed by atoms with Crippen LogP contribution in [0.1, 0.15) is 12.0 Å². The summed E-state index contributed by atoms with van der Waals surface area (Å²) in [5.74, 6) is -0.159. The van der Waals surface area contributed by atoms with Crippen molar-refractivity contribution in [2.45, 2.75) is 18.9 Å². The number of benzene rings is 2. The maximum absolute atomic E-state index is 12.4. The number of hydrogen-bond acceptors (Lipinski definition) is 4. The molecule has 3 N–H and O–H groups in total. The lowest BCUT2D eigenvalue weighted by molar-refractivity contribution is -0.119. The molecule has 0 saturated carbocycles. The largest absolute Gasteiger partial charge is 0.380 e. The summed E-state index contributed by atoms with van der Waals surface area (Å²) in [6.07, 6.45) is 0.202. The highest BCUT2D eigenvalue weighted by Crippen LogP contribution is 2.15. The first-order valence-electron chi connectivity index (χ1n) is 8.46. The van der Waals surface area contributed by atoms with Gasteiger partial charge in [-0.3, -0.25) is 9.59 Å². The van der Waals surface area contributed by atoms with E-state index in [1.54, 1.807) is 24.1 Å². The highest BCUT2D eigenvalue weighted by atomic mass is 35.5. The van der Waals surface area contributed by atoms with Crippen LogP contribution >= 0.6 is 12.4 Å². The van der Waals surface area contributed by atoms with Crippen LogP contribution in [0.5, 0.6) is 0 Å². The van der Waals surface area contributed by atoms with Crippen molar-refractivity contribution < 1.29 is 14.3 Å². The zero-order chi connectivity index (χ0) is 18.9. The fraction of sp³-hybridized carbons (Fsp3) is 0.300. The maximum atomic E-state index is 12.4. The maximum Gasteiger partial charge on any atom is 0.231 e. The van der Waals surface area contributed by atoms with E-state index in [0.29, 0.717) is 18.7 Å². The van der Waals surface area contributed by atoms with Gasteiger partial charge in [0.2, 0.25) is 11.8 Å². The third-order valence-corrected chi connectivity index (χ3v) is 4.12. The molecule has 0 aliphatic heterocycles. The predicted molar refractivity (Wildman–Crippen MR) is 110 cm³/mol. The van der Waals surface area contributed by atoms with E-state index in [9.17, 15) is 9.59 Å². The molecule has 2 amide bonds. The van der Waals surface area contributed by atoms with Gasteiger partial charge < -0.3 is 20.7 Å². The second-order valence-electron chi connectivity index (χ2n) is 6.01. The molecule has 0 aliphatic rings. The van der Waals surface area contributed by atoms with Crippen LogP contribution in [0.15, 0.2) is 54.6 Å². The predicted octanol–water partition coefficient (Wildman–Crippen LogP) is 2.62. The summed E-state index contributed by atoms with van der Waals surface area (Å²) in [5, 5.41) is 2.80. The number of carbonyl (C=O) groups excluding carboxylic acids is 2. The number of halogens is 1. The summed E-state index contributed by atoms with van der Waals surface area (Å²) in [6, 6.07) is 16.7. The number of carbonyl (C=O) groups is 2. The Bertz CT molecular complexity index is 719. The minimum absolute atomic E-state index is 0. The van der Waals surface area contributed by atoms with E-state index in [0.717, 1.165) is 11.3 Å². The molecule has 0 aromatic heterocycles. The number of amides is 2. The van der Waals surface area contributed by atoms with Crippen LogP contribution < -0.4 is 16.0 Å². The third kappa shape index (κ3) is 7.02. The van der Waals surface area contributed by atoms with Crippen molar-refractivity contribution in [2.75, 3.05) is 30.9 Å². The van der Waals surface area contributed by atoms with Gasteiger partial charge in [0.25, 0.3) is 0 Å². The summed E-state index contributed by atoms with van der Waals surface area (Å²) < 4.78 is 5.10. The average molecular weight is 392 g/mol. The number of hydrogen-bond donors (Lipinski definition) is 2. The van der Waals surface area contributed by atoms with Crippen molar-refractivity contribution in [3.63, 3.8) is 0 Å². The Hall–Kier alpha value is -2.41. The fourth-order valence-corrected chi connectivity index (χ4v) is 2.48. The van der Waals surface area contributed by atoms with Gasteiger partial charge in [-0.15, -0.1) is 12.4 Å². The smallest absolute Gasteiger partial charge is 0.231 e. The van der Waals surface area contributed by atoms with Crippen LogP contribution in [-0.4, -0.2) is 38.6 Å². The van der Waals surface area contributed by atoms with Gasteiger partial charge in [0.1, 0.15) is 0 Å². The number of likely N-dealkylation sites (N-methyl/N-ethyl adjacent to an activating group) is 1. The van der Waals surface area contributed by atoms with E-state index in [1.165, 1.54) is 7.11 Å². The van der Waals surface area contributed by atoms with Crippen LogP contribution in [0, 0.1) is 0 Å². The van der Waals surface area contributed by atoms with Crippen LogP contribution in [-0.2, 0) is 20.7 Å². The van der Waals surface area contributed by atoms with Crippen LogP contribution in [0.2, 0.25) is 0 Å². The molecule has 0 heterocycles. The van der Waals surface area contributed by atoms with Crippen LogP contribution in [0.4, 0.5) is 11.4 Å². The molecule has 1 unspecified atom stereocenters. The zero-order valence-corrected chi connectivity index (χ0v) is 16.4. The highest BCUT2D eigenvalue weighted by molar-refractivity contribution is 5.94. The van der Waals surface area contributed by atoms with Gasteiger partial charge in [0.15, 0.2) is 0 Å². The minimum atomic E-state index is -0.291. The lowest BCUT2D eigenvalue weighted by Gasteiger charge is -2.17. The first kappa shape index (κ1) is 22.6. The van der Waals surface area contributed by atoms with Crippen molar-refractivity contribution >= 4 is 35.6 Å². The fourth-order valence-electron chi connectivity index (χ4n) is 2.48. The van der Waals surface area contributed by atoms with Gasteiger partial charge in [0, 0.05) is 32.1 Å². The summed E-state index contributed by atoms with van der Waals surface area (Å²) in [4.78, 5) is 26.0. The Kier molecular flexibility index (Phi) is 9.50. The molecule has 6 nitrogen and oxygen atoms in total. The van der Waals surface area contributed by atoms with Crippen molar-refractivity contribution in [1.82, 2.24) is 0 Å². The van der Waals surface area contributed by atoms with E-state index in [-0.39, 0.29) is 36.7 Å². The Morgan fingerprint density at radius 2 is 1.74 bits per heavy atom. The topological polar surface area (TPSA) is 84.7 Å². The summed E-state index contributed by atoms with van der Waals surface area (Å²) >= 11 is 0. The number of rotatable bonds is 8.